The minimum Gasteiger partial charge on any atom is -0.367 e. The van der Waals surface area contributed by atoms with Gasteiger partial charge in [-0.05, 0) is 11.1 Å². The van der Waals surface area contributed by atoms with Gasteiger partial charge in [0.15, 0.2) is 0 Å². The smallest absolute Gasteiger partial charge is 0.367 e. The Morgan fingerprint density at radius 2 is 1.78 bits per heavy atom. The first-order valence-electron chi connectivity index (χ1n) is 5.33. The Kier molecular flexibility index (Phi) is 5.15. The molecule has 0 saturated carbocycles. The normalized spacial score (nSPS) is 11.3. The van der Waals surface area contributed by atoms with Crippen LogP contribution in [0.5, 0.6) is 0 Å². The van der Waals surface area contributed by atoms with Crippen molar-refractivity contribution in [2.75, 3.05) is 6.61 Å². The number of halogens is 3. The van der Waals surface area contributed by atoms with Crippen LogP contribution in [-0.4, -0.2) is 18.7 Å². The predicted octanol–water partition coefficient (Wildman–Crippen LogP) is 2.40. The highest BCUT2D eigenvalue weighted by atomic mass is 19.4. The number of ether oxygens (including phenoxy) is 1. The van der Waals surface area contributed by atoms with Crippen molar-refractivity contribution in [1.82, 2.24) is 5.32 Å². The number of hydrogen-bond donors (Lipinski definition) is 1. The van der Waals surface area contributed by atoms with Crippen LogP contribution in [0.1, 0.15) is 18.1 Å². The highest BCUT2D eigenvalue weighted by Crippen LogP contribution is 2.15. The molecule has 0 spiro atoms. The van der Waals surface area contributed by atoms with Crippen LogP contribution < -0.4 is 5.32 Å². The molecule has 0 heterocycles. The number of benzene rings is 1. The molecule has 100 valence electrons. The maximum Gasteiger partial charge on any atom is 0.411 e. The number of nitrogens with one attached hydrogen (secondary N) is 1. The Bertz CT molecular complexity index is 387. The van der Waals surface area contributed by atoms with Crippen LogP contribution in [0.25, 0.3) is 0 Å². The Morgan fingerprint density at radius 1 is 1.22 bits per heavy atom. The summed E-state index contributed by atoms with van der Waals surface area (Å²) < 4.78 is 40.0. The van der Waals surface area contributed by atoms with E-state index in [0.717, 1.165) is 5.56 Å². The van der Waals surface area contributed by atoms with E-state index in [2.05, 4.69) is 10.1 Å². The van der Waals surface area contributed by atoms with Gasteiger partial charge < -0.3 is 10.1 Å². The molecule has 0 bridgehead atoms. The third-order valence-corrected chi connectivity index (χ3v) is 2.10. The number of carbonyl (C=O) groups excluding carboxylic acids is 1. The highest BCUT2D eigenvalue weighted by molar-refractivity contribution is 5.72. The van der Waals surface area contributed by atoms with Crippen LogP contribution in [0.15, 0.2) is 24.3 Å². The van der Waals surface area contributed by atoms with E-state index in [1.807, 2.05) is 0 Å². The molecule has 1 aromatic carbocycles. The van der Waals surface area contributed by atoms with Crippen molar-refractivity contribution in [2.24, 2.45) is 0 Å². The second-order valence-electron chi connectivity index (χ2n) is 3.83. The maximum absolute atomic E-state index is 11.8. The molecule has 3 nitrogen and oxygen atoms in total. The van der Waals surface area contributed by atoms with Crippen molar-refractivity contribution >= 4 is 5.91 Å². The van der Waals surface area contributed by atoms with Gasteiger partial charge in [0, 0.05) is 13.5 Å². The van der Waals surface area contributed by atoms with Gasteiger partial charge in [0.1, 0.15) is 6.61 Å². The lowest BCUT2D eigenvalue weighted by Gasteiger charge is -2.08. The first kappa shape index (κ1) is 14.5. The van der Waals surface area contributed by atoms with Gasteiger partial charge in [-0.1, -0.05) is 24.3 Å². The summed E-state index contributed by atoms with van der Waals surface area (Å²) in [7, 11) is 0. The summed E-state index contributed by atoms with van der Waals surface area (Å²) in [6, 6.07) is 6.82. The summed E-state index contributed by atoms with van der Waals surface area (Å²) in [5.41, 5.74) is 1.54. The SMILES string of the molecule is CC(=O)NCc1ccc(COCC(F)(F)F)cc1. The van der Waals surface area contributed by atoms with Crippen LogP contribution in [0.2, 0.25) is 0 Å². The molecule has 0 atom stereocenters. The van der Waals surface area contributed by atoms with E-state index in [4.69, 9.17) is 0 Å². The van der Waals surface area contributed by atoms with Crippen molar-refractivity contribution in [3.63, 3.8) is 0 Å². The number of carbonyl (C=O) groups is 1. The molecule has 18 heavy (non-hydrogen) atoms. The number of alkyl halides is 3. The van der Waals surface area contributed by atoms with Crippen LogP contribution in [-0.2, 0) is 22.7 Å². The number of hydrogen-bond acceptors (Lipinski definition) is 2. The molecule has 1 rings (SSSR count). The topological polar surface area (TPSA) is 38.3 Å². The molecule has 0 fully saturated rings. The molecule has 0 radical (unpaired) electrons. The first-order chi connectivity index (χ1) is 8.37. The zero-order chi connectivity index (χ0) is 13.6. The van der Waals surface area contributed by atoms with Crippen molar-refractivity contribution in [3.05, 3.63) is 35.4 Å². The standard InChI is InChI=1S/C12H14F3NO2/c1-9(17)16-6-10-2-4-11(5-3-10)7-18-8-12(13,14)15/h2-5H,6-8H2,1H3,(H,16,17). The molecule has 0 aromatic heterocycles. The molecular formula is C12H14F3NO2. The Labute approximate surface area is 103 Å². The maximum atomic E-state index is 11.8. The average molecular weight is 261 g/mol. The van der Waals surface area contributed by atoms with Gasteiger partial charge in [-0.15, -0.1) is 0 Å². The van der Waals surface area contributed by atoms with Gasteiger partial charge >= 0.3 is 6.18 Å². The van der Waals surface area contributed by atoms with Gasteiger partial charge in [0.25, 0.3) is 0 Å². The van der Waals surface area contributed by atoms with E-state index < -0.39 is 12.8 Å². The Hall–Kier alpha value is -1.56. The third-order valence-electron chi connectivity index (χ3n) is 2.10. The molecule has 0 aliphatic carbocycles. The fraction of sp³-hybridized carbons (Fsp3) is 0.417. The van der Waals surface area contributed by atoms with Gasteiger partial charge in [-0.25, -0.2) is 0 Å². The van der Waals surface area contributed by atoms with Gasteiger partial charge in [-0.2, -0.15) is 13.2 Å². The average Bonchev–Trinajstić information content (AvgIpc) is 2.26. The van der Waals surface area contributed by atoms with Crippen LogP contribution in [0.3, 0.4) is 0 Å². The van der Waals surface area contributed by atoms with E-state index in [-0.39, 0.29) is 12.5 Å². The zero-order valence-corrected chi connectivity index (χ0v) is 9.88. The predicted molar refractivity (Wildman–Crippen MR) is 59.7 cm³/mol. The third kappa shape index (κ3) is 6.24. The highest BCUT2D eigenvalue weighted by Gasteiger charge is 2.27. The van der Waals surface area contributed by atoms with Crippen LogP contribution >= 0.6 is 0 Å². The van der Waals surface area contributed by atoms with Crippen LogP contribution in [0.4, 0.5) is 13.2 Å². The van der Waals surface area contributed by atoms with E-state index in [0.29, 0.717) is 12.1 Å². The van der Waals surface area contributed by atoms with Gasteiger partial charge in [0.2, 0.25) is 5.91 Å². The van der Waals surface area contributed by atoms with E-state index in [1.165, 1.54) is 6.92 Å². The summed E-state index contributed by atoms with van der Waals surface area (Å²) in [4.78, 5) is 10.7. The van der Waals surface area contributed by atoms with Gasteiger partial charge in [0.05, 0.1) is 6.61 Å². The minimum absolute atomic E-state index is 0.0834. The molecule has 1 amide bonds. The molecule has 0 aliphatic rings. The summed E-state index contributed by atoms with van der Waals surface area (Å²) in [6.45, 7) is 0.485. The lowest BCUT2D eigenvalue weighted by Crippen LogP contribution is -2.18. The number of amides is 1. The largest absolute Gasteiger partial charge is 0.411 e. The monoisotopic (exact) mass is 261 g/mol. The van der Waals surface area contributed by atoms with Crippen molar-refractivity contribution < 1.29 is 22.7 Å². The van der Waals surface area contributed by atoms with Crippen molar-refractivity contribution in [2.45, 2.75) is 26.3 Å². The molecule has 0 saturated heterocycles. The molecule has 6 heteroatoms. The summed E-state index contributed by atoms with van der Waals surface area (Å²) in [6.07, 6.45) is -4.30. The number of rotatable bonds is 5. The minimum atomic E-state index is -4.30. The molecular weight excluding hydrogens is 247 g/mol. The summed E-state index contributed by atoms with van der Waals surface area (Å²) >= 11 is 0. The van der Waals surface area contributed by atoms with Crippen molar-refractivity contribution in [1.29, 1.82) is 0 Å². The summed E-state index contributed by atoms with van der Waals surface area (Å²) in [5, 5.41) is 2.63. The Morgan fingerprint density at radius 3 is 2.28 bits per heavy atom. The molecule has 0 aliphatic heterocycles. The lowest BCUT2D eigenvalue weighted by atomic mass is 10.1. The fourth-order valence-corrected chi connectivity index (χ4v) is 1.26. The van der Waals surface area contributed by atoms with Gasteiger partial charge in [-0.3, -0.25) is 4.79 Å². The lowest BCUT2D eigenvalue weighted by molar-refractivity contribution is -0.176. The van der Waals surface area contributed by atoms with E-state index in [1.54, 1.807) is 24.3 Å². The Balaban J connectivity index is 2.38. The van der Waals surface area contributed by atoms with E-state index in [9.17, 15) is 18.0 Å². The zero-order valence-electron chi connectivity index (χ0n) is 9.88. The van der Waals surface area contributed by atoms with Crippen LogP contribution in [0, 0.1) is 0 Å². The second kappa shape index (κ2) is 6.39. The fourth-order valence-electron chi connectivity index (χ4n) is 1.26. The molecule has 1 aromatic rings. The van der Waals surface area contributed by atoms with Crippen molar-refractivity contribution in [3.8, 4) is 0 Å². The quantitative estimate of drug-likeness (QED) is 0.883. The molecule has 1 N–H and O–H groups in total. The first-order valence-corrected chi connectivity index (χ1v) is 5.33. The molecule has 0 unspecified atom stereocenters. The van der Waals surface area contributed by atoms with E-state index >= 15 is 0 Å². The summed E-state index contributed by atoms with van der Waals surface area (Å²) in [5.74, 6) is -0.132. The second-order valence-corrected chi connectivity index (χ2v) is 3.83.